The maximum absolute atomic E-state index is 4.67. The number of fused-ring (bicyclic) bond motifs is 1. The molecule has 0 aliphatic carbocycles. The molecular formula is C16H18N4. The Hall–Kier alpha value is -2.20. The molecule has 0 amide bonds. The fraction of sp³-hybridized carbons (Fsp3) is 0.250. The van der Waals surface area contributed by atoms with Crippen molar-refractivity contribution in [1.29, 1.82) is 0 Å². The minimum Gasteiger partial charge on any atom is -0.330 e. The molecule has 1 atom stereocenters. The molecule has 0 saturated heterocycles. The topological polar surface area (TPSA) is 42.7 Å². The van der Waals surface area contributed by atoms with E-state index in [2.05, 4.69) is 39.9 Å². The van der Waals surface area contributed by atoms with Crippen LogP contribution in [0, 0.1) is 0 Å². The second-order valence-electron chi connectivity index (χ2n) is 4.96. The van der Waals surface area contributed by atoms with E-state index in [-0.39, 0.29) is 6.04 Å². The lowest BCUT2D eigenvalue weighted by atomic mass is 10.1. The first-order chi connectivity index (χ1) is 9.75. The van der Waals surface area contributed by atoms with Gasteiger partial charge in [-0.2, -0.15) is 0 Å². The van der Waals surface area contributed by atoms with Crippen LogP contribution in [0.25, 0.3) is 11.0 Å². The summed E-state index contributed by atoms with van der Waals surface area (Å²) in [5.74, 6) is 1.05. The highest BCUT2D eigenvalue weighted by Crippen LogP contribution is 2.16. The number of nitrogens with zero attached hydrogens (tertiary/aromatic N) is 3. The molecule has 0 aliphatic rings. The van der Waals surface area contributed by atoms with Crippen LogP contribution in [0.4, 0.5) is 0 Å². The molecule has 1 aromatic carbocycles. The number of hydrogen-bond donors (Lipinski definition) is 1. The van der Waals surface area contributed by atoms with Gasteiger partial charge in [0.25, 0.3) is 0 Å². The lowest BCUT2D eigenvalue weighted by molar-refractivity contribution is 0.551. The summed E-state index contributed by atoms with van der Waals surface area (Å²) < 4.78 is 2.14. The van der Waals surface area contributed by atoms with Crippen molar-refractivity contribution >= 4 is 11.0 Å². The minimum absolute atomic E-state index is 0.276. The zero-order chi connectivity index (χ0) is 13.9. The normalized spacial score (nSPS) is 12.7. The summed E-state index contributed by atoms with van der Waals surface area (Å²) in [6.45, 7) is 2.90. The standard InChI is InChI=1S/C16H18N4/c1-12(13-7-9-17-10-8-13)18-11-16-19-14-5-3-4-6-15(14)20(16)2/h3-10,12,18H,11H2,1-2H3/t12-/m0/s1. The van der Waals surface area contributed by atoms with Crippen LogP contribution in [0.15, 0.2) is 48.8 Å². The predicted octanol–water partition coefficient (Wildman–Crippen LogP) is 2.82. The smallest absolute Gasteiger partial charge is 0.123 e. The van der Waals surface area contributed by atoms with E-state index in [4.69, 9.17) is 0 Å². The monoisotopic (exact) mass is 266 g/mol. The molecule has 0 radical (unpaired) electrons. The molecule has 0 fully saturated rings. The Morgan fingerprint density at radius 3 is 2.65 bits per heavy atom. The maximum atomic E-state index is 4.67. The van der Waals surface area contributed by atoms with Crippen LogP contribution in [-0.2, 0) is 13.6 Å². The van der Waals surface area contributed by atoms with E-state index >= 15 is 0 Å². The minimum atomic E-state index is 0.276. The van der Waals surface area contributed by atoms with Crippen LogP contribution in [0.1, 0.15) is 24.4 Å². The van der Waals surface area contributed by atoms with E-state index in [1.807, 2.05) is 42.7 Å². The lowest BCUT2D eigenvalue weighted by Gasteiger charge is -2.13. The summed E-state index contributed by atoms with van der Waals surface area (Å²) in [5, 5.41) is 3.51. The number of rotatable bonds is 4. The van der Waals surface area contributed by atoms with Crippen LogP contribution in [0.3, 0.4) is 0 Å². The van der Waals surface area contributed by atoms with Gasteiger partial charge in [-0.05, 0) is 36.8 Å². The van der Waals surface area contributed by atoms with Gasteiger partial charge in [-0.1, -0.05) is 12.1 Å². The molecule has 0 bridgehead atoms. The number of imidazole rings is 1. The van der Waals surface area contributed by atoms with Crippen molar-refractivity contribution in [3.05, 3.63) is 60.2 Å². The second kappa shape index (κ2) is 5.43. The largest absolute Gasteiger partial charge is 0.330 e. The van der Waals surface area contributed by atoms with Crippen molar-refractivity contribution in [2.45, 2.75) is 19.5 Å². The molecule has 0 aliphatic heterocycles. The van der Waals surface area contributed by atoms with Gasteiger partial charge in [0.15, 0.2) is 0 Å². The predicted molar refractivity (Wildman–Crippen MR) is 80.2 cm³/mol. The van der Waals surface area contributed by atoms with Gasteiger partial charge in [0.1, 0.15) is 5.82 Å². The Labute approximate surface area is 118 Å². The third-order valence-corrected chi connectivity index (χ3v) is 3.65. The highest BCUT2D eigenvalue weighted by Gasteiger charge is 2.09. The Morgan fingerprint density at radius 2 is 1.90 bits per heavy atom. The molecule has 1 N–H and O–H groups in total. The first-order valence-corrected chi connectivity index (χ1v) is 6.79. The highest BCUT2D eigenvalue weighted by atomic mass is 15.1. The SMILES string of the molecule is C[C@H](NCc1nc2ccccc2n1C)c1ccncc1. The van der Waals surface area contributed by atoms with E-state index in [9.17, 15) is 0 Å². The molecule has 102 valence electrons. The number of hydrogen-bond acceptors (Lipinski definition) is 3. The third-order valence-electron chi connectivity index (χ3n) is 3.65. The molecule has 3 rings (SSSR count). The van der Waals surface area contributed by atoms with E-state index in [0.717, 1.165) is 17.9 Å². The summed E-state index contributed by atoms with van der Waals surface area (Å²) in [7, 11) is 2.06. The number of benzene rings is 1. The first kappa shape index (κ1) is 12.8. The number of aromatic nitrogens is 3. The van der Waals surface area contributed by atoms with Crippen LogP contribution < -0.4 is 5.32 Å². The van der Waals surface area contributed by atoms with Crippen molar-refractivity contribution in [2.75, 3.05) is 0 Å². The molecule has 20 heavy (non-hydrogen) atoms. The van der Waals surface area contributed by atoms with Crippen molar-refractivity contribution in [3.8, 4) is 0 Å². The highest BCUT2D eigenvalue weighted by molar-refractivity contribution is 5.75. The summed E-state index contributed by atoms with van der Waals surface area (Å²) in [5.41, 5.74) is 3.45. The van der Waals surface area contributed by atoms with Crippen molar-refractivity contribution < 1.29 is 0 Å². The van der Waals surface area contributed by atoms with Gasteiger partial charge in [0, 0.05) is 25.5 Å². The molecule has 2 heterocycles. The Bertz CT molecular complexity index is 703. The van der Waals surface area contributed by atoms with Crippen LogP contribution in [0.5, 0.6) is 0 Å². The van der Waals surface area contributed by atoms with E-state index in [0.29, 0.717) is 0 Å². The van der Waals surface area contributed by atoms with E-state index < -0.39 is 0 Å². The molecule has 4 nitrogen and oxygen atoms in total. The van der Waals surface area contributed by atoms with Crippen molar-refractivity contribution in [3.63, 3.8) is 0 Å². The lowest BCUT2D eigenvalue weighted by Crippen LogP contribution is -2.20. The van der Waals surface area contributed by atoms with Crippen LogP contribution in [0.2, 0.25) is 0 Å². The van der Waals surface area contributed by atoms with Gasteiger partial charge >= 0.3 is 0 Å². The molecular weight excluding hydrogens is 248 g/mol. The number of para-hydroxylation sites is 2. The summed E-state index contributed by atoms with van der Waals surface area (Å²) in [6.07, 6.45) is 3.64. The number of nitrogens with one attached hydrogen (secondary N) is 1. The van der Waals surface area contributed by atoms with Gasteiger partial charge in [0.2, 0.25) is 0 Å². The summed E-state index contributed by atoms with van der Waals surface area (Å²) in [4.78, 5) is 8.71. The molecule has 2 aromatic heterocycles. The molecule has 0 saturated carbocycles. The average molecular weight is 266 g/mol. The molecule has 3 aromatic rings. The van der Waals surface area contributed by atoms with Crippen molar-refractivity contribution in [2.24, 2.45) is 7.05 Å². The Balaban J connectivity index is 1.76. The average Bonchev–Trinajstić information content (AvgIpc) is 2.83. The summed E-state index contributed by atoms with van der Waals surface area (Å²) >= 11 is 0. The van der Waals surface area contributed by atoms with Crippen LogP contribution >= 0.6 is 0 Å². The fourth-order valence-corrected chi connectivity index (χ4v) is 2.37. The first-order valence-electron chi connectivity index (χ1n) is 6.79. The van der Waals surface area contributed by atoms with E-state index in [1.165, 1.54) is 11.1 Å². The Kier molecular flexibility index (Phi) is 3.48. The van der Waals surface area contributed by atoms with Gasteiger partial charge in [-0.15, -0.1) is 0 Å². The molecule has 0 unspecified atom stereocenters. The molecule has 4 heteroatoms. The van der Waals surface area contributed by atoms with Gasteiger partial charge in [0.05, 0.1) is 17.6 Å². The van der Waals surface area contributed by atoms with Crippen molar-refractivity contribution in [1.82, 2.24) is 19.9 Å². The van der Waals surface area contributed by atoms with Gasteiger partial charge in [-0.3, -0.25) is 4.98 Å². The quantitative estimate of drug-likeness (QED) is 0.789. The fourth-order valence-electron chi connectivity index (χ4n) is 2.37. The summed E-state index contributed by atoms with van der Waals surface area (Å²) in [6, 6.07) is 12.5. The zero-order valence-electron chi connectivity index (χ0n) is 11.7. The zero-order valence-corrected chi connectivity index (χ0v) is 11.7. The van der Waals surface area contributed by atoms with E-state index in [1.54, 1.807) is 0 Å². The number of aryl methyl sites for hydroxylation is 1. The number of pyridine rings is 1. The molecule has 0 spiro atoms. The third kappa shape index (κ3) is 2.42. The van der Waals surface area contributed by atoms with Gasteiger partial charge in [-0.25, -0.2) is 4.98 Å². The second-order valence-corrected chi connectivity index (χ2v) is 4.96. The van der Waals surface area contributed by atoms with Gasteiger partial charge < -0.3 is 9.88 Å². The Morgan fingerprint density at radius 1 is 1.15 bits per heavy atom. The van der Waals surface area contributed by atoms with Crippen LogP contribution in [-0.4, -0.2) is 14.5 Å². The maximum Gasteiger partial charge on any atom is 0.123 e.